The van der Waals surface area contributed by atoms with Gasteiger partial charge in [0.15, 0.2) is 0 Å². The second-order valence-corrected chi connectivity index (χ2v) is 10.4. The van der Waals surface area contributed by atoms with Crippen molar-refractivity contribution in [3.05, 3.63) is 82.4 Å². The van der Waals surface area contributed by atoms with Crippen molar-refractivity contribution in [1.82, 2.24) is 19.6 Å². The number of nitrogens with zero attached hydrogens (tertiary/aromatic N) is 2. The lowest BCUT2D eigenvalue weighted by atomic mass is 9.92. The second kappa shape index (κ2) is 10.1. The van der Waals surface area contributed by atoms with Crippen LogP contribution in [-0.4, -0.2) is 30.4 Å². The molecule has 0 radical (unpaired) electrons. The number of carbonyl (C=O) groups excluding carboxylic acids is 1. The Morgan fingerprint density at radius 3 is 2.55 bits per heavy atom. The molecule has 1 aliphatic carbocycles. The van der Waals surface area contributed by atoms with Crippen molar-refractivity contribution in [3.63, 3.8) is 0 Å². The summed E-state index contributed by atoms with van der Waals surface area (Å²) in [5, 5.41) is 3.56. The Balaban J connectivity index is 1.40. The number of benzene rings is 2. The number of sulfonamides is 1. The van der Waals surface area contributed by atoms with Gasteiger partial charge in [-0.2, -0.15) is 0 Å². The summed E-state index contributed by atoms with van der Waals surface area (Å²) in [6.45, 7) is -0.000839. The molecule has 0 spiro atoms. The van der Waals surface area contributed by atoms with Crippen LogP contribution in [0.1, 0.15) is 47.8 Å². The highest BCUT2D eigenvalue weighted by atomic mass is 35.5. The fraction of sp³-hybridized carbons (Fsp3) is 0.333. The Labute approximate surface area is 199 Å². The number of carbonyl (C=O) groups is 1. The molecule has 174 valence electrons. The van der Waals surface area contributed by atoms with E-state index in [0.717, 1.165) is 36.8 Å². The fourth-order valence-electron chi connectivity index (χ4n) is 4.10. The third kappa shape index (κ3) is 5.63. The summed E-state index contributed by atoms with van der Waals surface area (Å²) in [6.07, 6.45) is 7.58. The SMILES string of the molecule is Cn1ccnc1[C@H](NC(=O)CCNS(=O)(=O)c1ccc2c(c1)CCCC2)c1ccc(Cl)cc1. The molecule has 33 heavy (non-hydrogen) atoms. The topological polar surface area (TPSA) is 93.1 Å². The molecule has 0 fully saturated rings. The van der Waals surface area contributed by atoms with E-state index in [2.05, 4.69) is 15.0 Å². The number of nitrogens with one attached hydrogen (secondary N) is 2. The summed E-state index contributed by atoms with van der Waals surface area (Å²) in [4.78, 5) is 17.3. The van der Waals surface area contributed by atoms with Crippen LogP contribution in [0.25, 0.3) is 0 Å². The number of aromatic nitrogens is 2. The van der Waals surface area contributed by atoms with Gasteiger partial charge in [-0.15, -0.1) is 0 Å². The summed E-state index contributed by atoms with van der Waals surface area (Å²) >= 11 is 6.01. The van der Waals surface area contributed by atoms with Crippen LogP contribution >= 0.6 is 11.6 Å². The fourth-order valence-corrected chi connectivity index (χ4v) is 5.31. The van der Waals surface area contributed by atoms with Crippen molar-refractivity contribution >= 4 is 27.5 Å². The molecule has 1 atom stereocenters. The van der Waals surface area contributed by atoms with E-state index >= 15 is 0 Å². The predicted molar refractivity (Wildman–Crippen MR) is 128 cm³/mol. The van der Waals surface area contributed by atoms with Crippen molar-refractivity contribution in [2.24, 2.45) is 7.05 Å². The van der Waals surface area contributed by atoms with E-state index in [-0.39, 0.29) is 23.8 Å². The zero-order chi connectivity index (χ0) is 23.4. The number of halogens is 1. The molecule has 0 aliphatic heterocycles. The molecule has 2 N–H and O–H groups in total. The van der Waals surface area contributed by atoms with E-state index in [4.69, 9.17) is 11.6 Å². The maximum atomic E-state index is 12.7. The molecule has 9 heteroatoms. The maximum Gasteiger partial charge on any atom is 0.240 e. The van der Waals surface area contributed by atoms with Crippen LogP contribution in [0, 0.1) is 0 Å². The van der Waals surface area contributed by atoms with Gasteiger partial charge in [-0.3, -0.25) is 4.79 Å². The van der Waals surface area contributed by atoms with Gasteiger partial charge in [0.25, 0.3) is 0 Å². The van der Waals surface area contributed by atoms with E-state index < -0.39 is 16.1 Å². The van der Waals surface area contributed by atoms with Gasteiger partial charge in [-0.05, 0) is 66.6 Å². The van der Waals surface area contributed by atoms with Crippen LogP contribution in [0.5, 0.6) is 0 Å². The Kier molecular flexibility index (Phi) is 7.17. The van der Waals surface area contributed by atoms with Crippen LogP contribution < -0.4 is 10.0 Å². The van der Waals surface area contributed by atoms with E-state index in [1.807, 2.05) is 29.8 Å². The molecule has 7 nitrogen and oxygen atoms in total. The van der Waals surface area contributed by atoms with Crippen LogP contribution in [0.4, 0.5) is 0 Å². The second-order valence-electron chi connectivity index (χ2n) is 8.23. The largest absolute Gasteiger partial charge is 0.342 e. The number of hydrogen-bond acceptors (Lipinski definition) is 4. The van der Waals surface area contributed by atoms with Crippen molar-refractivity contribution < 1.29 is 13.2 Å². The molecule has 0 unspecified atom stereocenters. The van der Waals surface area contributed by atoms with Crippen molar-refractivity contribution in [2.75, 3.05) is 6.54 Å². The molecule has 0 saturated carbocycles. The number of aryl methyl sites for hydroxylation is 3. The highest BCUT2D eigenvalue weighted by Gasteiger charge is 2.22. The van der Waals surface area contributed by atoms with Gasteiger partial charge in [0.05, 0.1) is 4.90 Å². The minimum Gasteiger partial charge on any atom is -0.342 e. The van der Waals surface area contributed by atoms with Gasteiger partial charge in [0.1, 0.15) is 11.9 Å². The monoisotopic (exact) mass is 486 g/mol. The Bertz CT molecular complexity index is 1240. The third-order valence-electron chi connectivity index (χ3n) is 5.90. The molecule has 0 saturated heterocycles. The summed E-state index contributed by atoms with van der Waals surface area (Å²) in [5.41, 5.74) is 3.15. The number of amides is 1. The standard InChI is InChI=1S/C24H27ClN4O3S/c1-29-15-14-26-24(29)23(18-6-9-20(25)10-7-18)28-22(30)12-13-27-33(31,32)21-11-8-17-4-2-3-5-19(17)16-21/h6-11,14-16,23,27H,2-5,12-13H2,1H3,(H,28,30)/t23-/m1/s1. The Morgan fingerprint density at radius 1 is 1.12 bits per heavy atom. The van der Waals surface area contributed by atoms with Crippen molar-refractivity contribution in [1.29, 1.82) is 0 Å². The average molecular weight is 487 g/mol. The molecular weight excluding hydrogens is 460 g/mol. The first-order chi connectivity index (χ1) is 15.8. The molecule has 1 amide bonds. The van der Waals surface area contributed by atoms with E-state index in [0.29, 0.717) is 10.8 Å². The van der Waals surface area contributed by atoms with Gasteiger partial charge < -0.3 is 9.88 Å². The molecule has 2 aromatic carbocycles. The zero-order valence-corrected chi connectivity index (χ0v) is 20.0. The molecule has 1 heterocycles. The minimum atomic E-state index is -3.69. The van der Waals surface area contributed by atoms with Gasteiger partial charge >= 0.3 is 0 Å². The van der Waals surface area contributed by atoms with Gasteiger partial charge in [-0.25, -0.2) is 18.1 Å². The van der Waals surface area contributed by atoms with Crippen molar-refractivity contribution in [2.45, 2.75) is 43.0 Å². The number of rotatable bonds is 8. The lowest BCUT2D eigenvalue weighted by Gasteiger charge is -2.19. The molecule has 3 aromatic rings. The smallest absolute Gasteiger partial charge is 0.240 e. The van der Waals surface area contributed by atoms with Crippen LogP contribution in [0.15, 0.2) is 59.8 Å². The molecular formula is C24H27ClN4O3S. The summed E-state index contributed by atoms with van der Waals surface area (Å²) in [6, 6.07) is 12.0. The van der Waals surface area contributed by atoms with Crippen LogP contribution in [0.2, 0.25) is 5.02 Å². The first kappa shape index (κ1) is 23.5. The molecule has 4 rings (SSSR count). The quantitative estimate of drug-likeness (QED) is 0.509. The summed E-state index contributed by atoms with van der Waals surface area (Å²) < 4.78 is 29.9. The average Bonchev–Trinajstić information content (AvgIpc) is 3.23. The highest BCUT2D eigenvalue weighted by molar-refractivity contribution is 7.89. The van der Waals surface area contributed by atoms with E-state index in [1.54, 1.807) is 36.7 Å². The van der Waals surface area contributed by atoms with E-state index in [9.17, 15) is 13.2 Å². The van der Waals surface area contributed by atoms with Gasteiger partial charge in [-0.1, -0.05) is 29.8 Å². The number of fused-ring (bicyclic) bond motifs is 1. The predicted octanol–water partition coefficient (Wildman–Crippen LogP) is 3.53. The van der Waals surface area contributed by atoms with Crippen LogP contribution in [0.3, 0.4) is 0 Å². The zero-order valence-electron chi connectivity index (χ0n) is 18.4. The lowest BCUT2D eigenvalue weighted by molar-refractivity contribution is -0.121. The minimum absolute atomic E-state index is 0.000839. The summed E-state index contributed by atoms with van der Waals surface area (Å²) in [5.74, 6) is 0.381. The Morgan fingerprint density at radius 2 is 1.85 bits per heavy atom. The molecule has 1 aliphatic rings. The normalized spacial score (nSPS) is 14.5. The van der Waals surface area contributed by atoms with Gasteiger partial charge in [0, 0.05) is 37.4 Å². The van der Waals surface area contributed by atoms with Crippen molar-refractivity contribution in [3.8, 4) is 0 Å². The first-order valence-corrected chi connectivity index (χ1v) is 12.8. The number of hydrogen-bond donors (Lipinski definition) is 2. The maximum absolute atomic E-state index is 12.7. The third-order valence-corrected chi connectivity index (χ3v) is 7.61. The molecule has 0 bridgehead atoms. The number of imidazole rings is 1. The van der Waals surface area contributed by atoms with E-state index in [1.165, 1.54) is 5.56 Å². The van der Waals surface area contributed by atoms with Crippen LogP contribution in [-0.2, 0) is 34.7 Å². The lowest BCUT2D eigenvalue weighted by Crippen LogP contribution is -2.34. The summed E-state index contributed by atoms with van der Waals surface area (Å²) in [7, 11) is -1.83. The highest BCUT2D eigenvalue weighted by Crippen LogP contribution is 2.24. The Hall–Kier alpha value is -2.68. The molecule has 1 aromatic heterocycles. The first-order valence-electron chi connectivity index (χ1n) is 11.0. The van der Waals surface area contributed by atoms with Gasteiger partial charge in [0.2, 0.25) is 15.9 Å².